The molecule has 1 unspecified atom stereocenters. The summed E-state index contributed by atoms with van der Waals surface area (Å²) >= 11 is 1.51. The molecule has 5 rings (SSSR count). The van der Waals surface area contributed by atoms with Gasteiger partial charge in [-0.05, 0) is 63.4 Å². The van der Waals surface area contributed by atoms with Crippen molar-refractivity contribution in [1.29, 1.82) is 0 Å². The van der Waals surface area contributed by atoms with Crippen LogP contribution in [0.1, 0.15) is 49.3 Å². The minimum Gasteiger partial charge on any atom is -0.490 e. The highest BCUT2D eigenvalue weighted by atomic mass is 32.1. The quantitative estimate of drug-likeness (QED) is 0.368. The Labute approximate surface area is 188 Å². The van der Waals surface area contributed by atoms with Crippen LogP contribution in [-0.4, -0.2) is 28.3 Å². The summed E-state index contributed by atoms with van der Waals surface area (Å²) < 4.78 is 27.8. The lowest BCUT2D eigenvalue weighted by molar-refractivity contribution is -0.160. The maximum absolute atomic E-state index is 15.2. The molecule has 1 atom stereocenters. The number of nitrogens with zero attached hydrogens (tertiary/aromatic N) is 1. The van der Waals surface area contributed by atoms with E-state index in [0.29, 0.717) is 29.7 Å². The van der Waals surface area contributed by atoms with Crippen molar-refractivity contribution in [3.8, 4) is 5.75 Å². The lowest BCUT2D eigenvalue weighted by Gasteiger charge is -2.26. The maximum atomic E-state index is 15.2. The highest BCUT2D eigenvalue weighted by Gasteiger charge is 2.33. The predicted molar refractivity (Wildman–Crippen MR) is 124 cm³/mol. The molecule has 0 saturated carbocycles. The van der Waals surface area contributed by atoms with Crippen LogP contribution in [0.25, 0.3) is 31.6 Å². The van der Waals surface area contributed by atoms with E-state index in [2.05, 4.69) is 4.98 Å². The molecule has 0 fully saturated rings. The Morgan fingerprint density at radius 2 is 2.06 bits per heavy atom. The van der Waals surface area contributed by atoms with Gasteiger partial charge < -0.3 is 14.6 Å². The highest BCUT2D eigenvalue weighted by molar-refractivity contribution is 7.20. The van der Waals surface area contributed by atoms with Crippen molar-refractivity contribution in [3.63, 3.8) is 0 Å². The molecule has 0 amide bonds. The van der Waals surface area contributed by atoms with Crippen molar-refractivity contribution in [1.82, 2.24) is 4.98 Å². The number of aryl methyl sites for hydroxylation is 2. The van der Waals surface area contributed by atoms with E-state index in [0.717, 1.165) is 43.1 Å². The van der Waals surface area contributed by atoms with Gasteiger partial charge in [-0.25, -0.2) is 9.18 Å². The van der Waals surface area contributed by atoms with Crippen LogP contribution < -0.4 is 4.74 Å². The Bertz CT molecular complexity index is 1400. The van der Waals surface area contributed by atoms with Crippen LogP contribution in [0.15, 0.2) is 24.5 Å². The van der Waals surface area contributed by atoms with Crippen LogP contribution in [0, 0.1) is 12.7 Å². The molecule has 0 bridgehead atoms. The van der Waals surface area contributed by atoms with E-state index >= 15 is 4.39 Å². The van der Waals surface area contributed by atoms with Crippen LogP contribution in [0.2, 0.25) is 0 Å². The van der Waals surface area contributed by atoms with E-state index < -0.39 is 23.5 Å². The molecule has 0 saturated heterocycles. The molecule has 1 N–H and O–H groups in total. The molecule has 0 aliphatic carbocycles. The monoisotopic (exact) mass is 453 g/mol. The number of carboxylic acids is 1. The number of aromatic nitrogens is 1. The number of carboxylic acid groups (broad SMARTS) is 1. The number of rotatable bonds is 3. The summed E-state index contributed by atoms with van der Waals surface area (Å²) in [5, 5.41) is 14.3. The molecule has 7 heteroatoms. The zero-order valence-corrected chi connectivity index (χ0v) is 19.2. The molecule has 1 aliphatic rings. The minimum atomic E-state index is -1.17. The molecular weight excluding hydrogens is 429 g/mol. The molecule has 2 aromatic carbocycles. The number of fused-ring (bicyclic) bond motifs is 8. The number of thiophene rings is 1. The first-order chi connectivity index (χ1) is 15.2. The average molecular weight is 454 g/mol. The van der Waals surface area contributed by atoms with Gasteiger partial charge in [0.15, 0.2) is 17.7 Å². The number of hydrogen-bond donors (Lipinski definition) is 1. The van der Waals surface area contributed by atoms with E-state index in [-0.39, 0.29) is 0 Å². The Kier molecular flexibility index (Phi) is 4.87. The van der Waals surface area contributed by atoms with E-state index in [1.165, 1.54) is 17.4 Å². The largest absolute Gasteiger partial charge is 0.490 e. The number of aliphatic carboxylic acids is 1. The molecule has 2 aromatic heterocycles. The number of carbonyl (C=O) groups is 1. The fraction of sp³-hybridized carbons (Fsp3) is 0.360. The van der Waals surface area contributed by atoms with Gasteiger partial charge in [0.25, 0.3) is 0 Å². The van der Waals surface area contributed by atoms with Crippen LogP contribution in [-0.2, 0) is 16.0 Å². The van der Waals surface area contributed by atoms with Crippen LogP contribution in [0.3, 0.4) is 0 Å². The number of halogens is 1. The Hall–Kier alpha value is -2.77. The van der Waals surface area contributed by atoms with Gasteiger partial charge in [-0.3, -0.25) is 4.98 Å². The van der Waals surface area contributed by atoms with Gasteiger partial charge in [0, 0.05) is 49.3 Å². The first kappa shape index (κ1) is 21.1. The topological polar surface area (TPSA) is 68.7 Å². The number of ether oxygens (including phenoxy) is 2. The van der Waals surface area contributed by atoms with Crippen molar-refractivity contribution in [2.75, 3.05) is 6.61 Å². The Balaban J connectivity index is 1.99. The third-order valence-corrected chi connectivity index (χ3v) is 7.00. The molecule has 32 heavy (non-hydrogen) atoms. The molecule has 3 heterocycles. The number of benzene rings is 2. The summed E-state index contributed by atoms with van der Waals surface area (Å²) in [6.07, 6.45) is 3.86. The van der Waals surface area contributed by atoms with Gasteiger partial charge in [-0.15, -0.1) is 11.3 Å². The summed E-state index contributed by atoms with van der Waals surface area (Å²) in [5.74, 6) is -1.19. The van der Waals surface area contributed by atoms with E-state index in [9.17, 15) is 9.90 Å². The molecule has 5 nitrogen and oxygen atoms in total. The van der Waals surface area contributed by atoms with E-state index in [1.54, 1.807) is 12.4 Å². The van der Waals surface area contributed by atoms with Crippen molar-refractivity contribution >= 4 is 48.9 Å². The fourth-order valence-corrected chi connectivity index (χ4v) is 5.95. The summed E-state index contributed by atoms with van der Waals surface area (Å²) in [4.78, 5) is 17.5. The van der Waals surface area contributed by atoms with Gasteiger partial charge in [0.1, 0.15) is 0 Å². The SMILES string of the molecule is Cc1sc2c3ccncc3c3c4c(c(F)cc3c2c1C(OC(C)(C)C)C(=O)O)OCCC4. The number of hydrogen-bond acceptors (Lipinski definition) is 5. The Morgan fingerprint density at radius 1 is 1.28 bits per heavy atom. The second-order valence-electron chi connectivity index (χ2n) is 9.19. The van der Waals surface area contributed by atoms with E-state index in [1.807, 2.05) is 33.8 Å². The zero-order valence-electron chi connectivity index (χ0n) is 18.4. The third kappa shape index (κ3) is 3.22. The van der Waals surface area contributed by atoms with Gasteiger partial charge in [0.05, 0.1) is 12.2 Å². The second kappa shape index (κ2) is 7.39. The third-order valence-electron chi connectivity index (χ3n) is 5.84. The lowest BCUT2D eigenvalue weighted by Crippen LogP contribution is -2.27. The van der Waals surface area contributed by atoms with Gasteiger partial charge in [-0.1, -0.05) is 0 Å². The van der Waals surface area contributed by atoms with Crippen LogP contribution in [0.4, 0.5) is 4.39 Å². The lowest BCUT2D eigenvalue weighted by atomic mass is 9.90. The van der Waals surface area contributed by atoms with Crippen molar-refractivity contribution in [2.24, 2.45) is 0 Å². The summed E-state index contributed by atoms with van der Waals surface area (Å²) in [6, 6.07) is 3.43. The molecule has 166 valence electrons. The highest BCUT2D eigenvalue weighted by Crippen LogP contribution is 2.48. The van der Waals surface area contributed by atoms with E-state index in [4.69, 9.17) is 9.47 Å². The minimum absolute atomic E-state index is 0.294. The van der Waals surface area contributed by atoms with Gasteiger partial charge >= 0.3 is 5.97 Å². The van der Waals surface area contributed by atoms with Crippen LogP contribution in [0.5, 0.6) is 5.75 Å². The fourth-order valence-electron chi connectivity index (χ4n) is 4.72. The maximum Gasteiger partial charge on any atom is 0.337 e. The molecular formula is C25H24FNO4S. The Morgan fingerprint density at radius 3 is 2.78 bits per heavy atom. The first-order valence-electron chi connectivity index (χ1n) is 10.6. The zero-order chi connectivity index (χ0) is 22.8. The predicted octanol–water partition coefficient (Wildman–Crippen LogP) is 6.32. The second-order valence-corrected chi connectivity index (χ2v) is 10.4. The van der Waals surface area contributed by atoms with Crippen molar-refractivity contribution in [2.45, 2.75) is 52.2 Å². The van der Waals surface area contributed by atoms with Gasteiger partial charge in [0.2, 0.25) is 0 Å². The van der Waals surface area contributed by atoms with Crippen LogP contribution >= 0.6 is 11.3 Å². The average Bonchev–Trinajstić information content (AvgIpc) is 3.08. The molecule has 1 aliphatic heterocycles. The van der Waals surface area contributed by atoms with Gasteiger partial charge in [-0.2, -0.15) is 0 Å². The molecule has 4 aromatic rings. The normalized spacial score (nSPS) is 15.2. The first-order valence-corrected chi connectivity index (χ1v) is 11.5. The van der Waals surface area contributed by atoms with Crippen molar-refractivity contribution < 1.29 is 23.8 Å². The smallest absolute Gasteiger partial charge is 0.337 e. The summed E-state index contributed by atoms with van der Waals surface area (Å²) in [6.45, 7) is 7.88. The number of pyridine rings is 1. The standard InChI is InChI=1S/C25H24FNO4S/c1-12-18(22(24(28)29)31-25(2,3)4)20-15-10-17(26)21-14(6-5-9-30-21)19(15)16-11-27-8-7-13(16)23(20)32-12/h7-8,10-11,22H,5-6,9H2,1-4H3,(H,28,29). The molecule has 0 spiro atoms. The summed E-state index contributed by atoms with van der Waals surface area (Å²) in [7, 11) is 0. The van der Waals surface area contributed by atoms with Crippen molar-refractivity contribution in [3.05, 3.63) is 46.3 Å². The molecule has 0 radical (unpaired) electrons. The summed E-state index contributed by atoms with van der Waals surface area (Å²) in [5.41, 5.74) is 0.746.